The molecule has 1 aliphatic heterocycles. The lowest BCUT2D eigenvalue weighted by Crippen LogP contribution is -2.20. The van der Waals surface area contributed by atoms with Gasteiger partial charge < -0.3 is 5.32 Å². The van der Waals surface area contributed by atoms with Crippen molar-refractivity contribution in [2.75, 3.05) is 24.6 Å². The Labute approximate surface area is 99.1 Å². The summed E-state index contributed by atoms with van der Waals surface area (Å²) in [5.41, 5.74) is 1.61. The van der Waals surface area contributed by atoms with E-state index >= 15 is 0 Å². The quantitative estimate of drug-likeness (QED) is 0.552. The largest absolute Gasteiger partial charge is 0.313 e. The van der Waals surface area contributed by atoms with Crippen molar-refractivity contribution >= 4 is 11.8 Å². The molecule has 88 valence electrons. The number of allylic oxidation sites excluding steroid dienone is 1. The molecule has 1 N–H and O–H groups in total. The highest BCUT2D eigenvalue weighted by Gasteiger charge is 2.14. The summed E-state index contributed by atoms with van der Waals surface area (Å²) in [5.74, 6) is 4.23. The molecule has 0 aromatic carbocycles. The standard InChI is InChI=1S/C13H25NS/c1-4-6-14-9-13(11(2)3)8-12-5-7-15-10-12/h8,11-12,14H,4-7,9-10H2,1-3H3. The molecule has 0 bridgehead atoms. The Balaban J connectivity index is 2.40. The maximum atomic E-state index is 3.52. The van der Waals surface area contributed by atoms with Crippen LogP contribution in [0, 0.1) is 11.8 Å². The van der Waals surface area contributed by atoms with Crippen LogP contribution < -0.4 is 5.32 Å². The molecule has 1 saturated heterocycles. The third-order valence-corrected chi connectivity index (χ3v) is 4.10. The fourth-order valence-corrected chi connectivity index (χ4v) is 3.05. The summed E-state index contributed by atoms with van der Waals surface area (Å²) >= 11 is 2.10. The van der Waals surface area contributed by atoms with Gasteiger partial charge in [0.15, 0.2) is 0 Å². The van der Waals surface area contributed by atoms with E-state index in [1.807, 2.05) is 0 Å². The molecule has 0 radical (unpaired) electrons. The molecule has 0 aliphatic carbocycles. The zero-order valence-corrected chi connectivity index (χ0v) is 11.2. The van der Waals surface area contributed by atoms with Crippen LogP contribution in [0.15, 0.2) is 11.6 Å². The monoisotopic (exact) mass is 227 g/mol. The van der Waals surface area contributed by atoms with Gasteiger partial charge in [-0.3, -0.25) is 0 Å². The Hall–Kier alpha value is 0.0500. The van der Waals surface area contributed by atoms with Crippen molar-refractivity contribution in [2.45, 2.75) is 33.6 Å². The van der Waals surface area contributed by atoms with Gasteiger partial charge >= 0.3 is 0 Å². The average molecular weight is 227 g/mol. The lowest BCUT2D eigenvalue weighted by molar-refractivity contribution is 0.632. The van der Waals surface area contributed by atoms with E-state index in [2.05, 4.69) is 43.9 Å². The van der Waals surface area contributed by atoms with Crippen LogP contribution in [-0.2, 0) is 0 Å². The fourth-order valence-electron chi connectivity index (χ4n) is 1.85. The SMILES string of the molecule is CCCNCC(=CC1CCSC1)C(C)C. The van der Waals surface area contributed by atoms with Gasteiger partial charge in [-0.25, -0.2) is 0 Å². The van der Waals surface area contributed by atoms with Crippen LogP contribution in [0.5, 0.6) is 0 Å². The van der Waals surface area contributed by atoms with Gasteiger partial charge in [-0.1, -0.05) is 32.4 Å². The Morgan fingerprint density at radius 1 is 1.53 bits per heavy atom. The highest BCUT2D eigenvalue weighted by atomic mass is 32.2. The van der Waals surface area contributed by atoms with Crippen molar-refractivity contribution in [3.8, 4) is 0 Å². The molecule has 1 heterocycles. The van der Waals surface area contributed by atoms with Crippen LogP contribution in [0.25, 0.3) is 0 Å². The van der Waals surface area contributed by atoms with Gasteiger partial charge in [-0.2, -0.15) is 11.8 Å². The fraction of sp³-hybridized carbons (Fsp3) is 0.846. The zero-order valence-electron chi connectivity index (χ0n) is 10.4. The Morgan fingerprint density at radius 3 is 2.87 bits per heavy atom. The number of hydrogen-bond donors (Lipinski definition) is 1. The second-order valence-electron chi connectivity index (χ2n) is 4.70. The van der Waals surface area contributed by atoms with E-state index in [0.29, 0.717) is 5.92 Å². The van der Waals surface area contributed by atoms with E-state index in [0.717, 1.165) is 19.0 Å². The summed E-state index contributed by atoms with van der Waals surface area (Å²) in [7, 11) is 0. The normalized spacial score (nSPS) is 22.7. The molecule has 0 spiro atoms. The molecule has 1 atom stereocenters. The molecule has 1 unspecified atom stereocenters. The summed E-state index contributed by atoms with van der Waals surface area (Å²) in [6.45, 7) is 9.07. The molecule has 15 heavy (non-hydrogen) atoms. The molecule has 1 fully saturated rings. The first-order valence-corrected chi connectivity index (χ1v) is 7.38. The molecule has 1 aliphatic rings. The molecule has 0 saturated carbocycles. The molecule has 2 heteroatoms. The van der Waals surface area contributed by atoms with Gasteiger partial charge in [0, 0.05) is 6.54 Å². The van der Waals surface area contributed by atoms with Gasteiger partial charge in [0.05, 0.1) is 0 Å². The van der Waals surface area contributed by atoms with E-state index in [1.165, 1.54) is 24.3 Å². The predicted molar refractivity (Wildman–Crippen MR) is 71.5 cm³/mol. The van der Waals surface area contributed by atoms with Gasteiger partial charge in [0.2, 0.25) is 0 Å². The Bertz CT molecular complexity index is 193. The predicted octanol–water partition coefficient (Wildman–Crippen LogP) is 3.32. The minimum atomic E-state index is 0.694. The third kappa shape index (κ3) is 5.07. The number of nitrogens with one attached hydrogen (secondary N) is 1. The average Bonchev–Trinajstić information content (AvgIpc) is 2.69. The number of thioether (sulfide) groups is 1. The summed E-state index contributed by atoms with van der Waals surface area (Å²) in [5, 5.41) is 3.52. The van der Waals surface area contributed by atoms with Crippen LogP contribution in [-0.4, -0.2) is 24.6 Å². The molecular formula is C13H25NS. The van der Waals surface area contributed by atoms with Crippen LogP contribution in [0.2, 0.25) is 0 Å². The second-order valence-corrected chi connectivity index (χ2v) is 5.85. The van der Waals surface area contributed by atoms with Gasteiger partial charge in [0.1, 0.15) is 0 Å². The van der Waals surface area contributed by atoms with Crippen LogP contribution in [0.1, 0.15) is 33.6 Å². The third-order valence-electron chi connectivity index (χ3n) is 2.91. The van der Waals surface area contributed by atoms with Crippen molar-refractivity contribution in [1.29, 1.82) is 0 Å². The first-order chi connectivity index (χ1) is 7.24. The molecule has 0 aromatic heterocycles. The Kier molecular flexibility index (Phi) is 6.42. The molecule has 0 amide bonds. The van der Waals surface area contributed by atoms with E-state index in [9.17, 15) is 0 Å². The topological polar surface area (TPSA) is 12.0 Å². The molecule has 1 nitrogen and oxygen atoms in total. The zero-order chi connectivity index (χ0) is 11.1. The maximum Gasteiger partial charge on any atom is 0.0167 e. The van der Waals surface area contributed by atoms with Crippen LogP contribution in [0.4, 0.5) is 0 Å². The smallest absolute Gasteiger partial charge is 0.0167 e. The highest BCUT2D eigenvalue weighted by Crippen LogP contribution is 2.26. The van der Waals surface area contributed by atoms with Crippen LogP contribution in [0.3, 0.4) is 0 Å². The van der Waals surface area contributed by atoms with Crippen molar-refractivity contribution in [3.05, 3.63) is 11.6 Å². The Morgan fingerprint density at radius 2 is 2.33 bits per heavy atom. The number of hydrogen-bond acceptors (Lipinski definition) is 2. The van der Waals surface area contributed by atoms with Crippen LogP contribution >= 0.6 is 11.8 Å². The van der Waals surface area contributed by atoms with Gasteiger partial charge in [-0.15, -0.1) is 0 Å². The second kappa shape index (κ2) is 7.34. The van der Waals surface area contributed by atoms with E-state index in [4.69, 9.17) is 0 Å². The van der Waals surface area contributed by atoms with Crippen molar-refractivity contribution in [3.63, 3.8) is 0 Å². The van der Waals surface area contributed by atoms with Crippen molar-refractivity contribution in [1.82, 2.24) is 5.32 Å². The molecular weight excluding hydrogens is 202 g/mol. The van der Waals surface area contributed by atoms with Crippen molar-refractivity contribution in [2.24, 2.45) is 11.8 Å². The maximum absolute atomic E-state index is 3.52. The number of rotatable bonds is 6. The molecule has 1 rings (SSSR count). The first-order valence-electron chi connectivity index (χ1n) is 6.23. The first kappa shape index (κ1) is 13.1. The summed E-state index contributed by atoms with van der Waals surface area (Å²) in [6, 6.07) is 0. The summed E-state index contributed by atoms with van der Waals surface area (Å²) in [4.78, 5) is 0. The van der Waals surface area contributed by atoms with Crippen molar-refractivity contribution < 1.29 is 0 Å². The lowest BCUT2D eigenvalue weighted by atomic mass is 9.97. The van der Waals surface area contributed by atoms with E-state index in [-0.39, 0.29) is 0 Å². The lowest BCUT2D eigenvalue weighted by Gasteiger charge is -2.14. The molecule has 0 aromatic rings. The highest BCUT2D eigenvalue weighted by molar-refractivity contribution is 7.99. The summed E-state index contributed by atoms with van der Waals surface area (Å²) < 4.78 is 0. The minimum Gasteiger partial charge on any atom is -0.313 e. The summed E-state index contributed by atoms with van der Waals surface area (Å²) in [6.07, 6.45) is 5.15. The van der Waals surface area contributed by atoms with Gasteiger partial charge in [-0.05, 0) is 42.7 Å². The van der Waals surface area contributed by atoms with E-state index in [1.54, 1.807) is 5.57 Å². The van der Waals surface area contributed by atoms with E-state index < -0.39 is 0 Å². The van der Waals surface area contributed by atoms with Gasteiger partial charge in [0.25, 0.3) is 0 Å². The minimum absolute atomic E-state index is 0.694.